The maximum atomic E-state index is 10.6. The van der Waals surface area contributed by atoms with Crippen LogP contribution >= 0.6 is 0 Å². The summed E-state index contributed by atoms with van der Waals surface area (Å²) in [5, 5.41) is 9.64. The highest BCUT2D eigenvalue weighted by molar-refractivity contribution is 5.69. The smallest absolute Gasteiger partial charge is 0.434 e. The number of rotatable bonds is 0. The van der Waals surface area contributed by atoms with Gasteiger partial charge in [-0.05, 0) is 12.5 Å². The first kappa shape index (κ1) is 5.73. The summed E-state index contributed by atoms with van der Waals surface area (Å²) in [4.78, 5) is 10.6. The first-order chi connectivity index (χ1) is 4.79. The molecule has 1 aliphatic carbocycles. The SMILES string of the molecule is O=C1O[C@H]2C=CC[C@H]2N1O. The average Bonchev–Trinajstić information content (AvgIpc) is 2.41. The van der Waals surface area contributed by atoms with E-state index in [2.05, 4.69) is 0 Å². The van der Waals surface area contributed by atoms with E-state index < -0.39 is 6.09 Å². The number of fused-ring (bicyclic) bond motifs is 1. The molecule has 54 valence electrons. The molecule has 1 heterocycles. The van der Waals surface area contributed by atoms with Crippen molar-refractivity contribution < 1.29 is 14.7 Å². The predicted molar refractivity (Wildman–Crippen MR) is 31.4 cm³/mol. The molecule has 0 aromatic rings. The zero-order chi connectivity index (χ0) is 7.14. The highest BCUT2D eigenvalue weighted by atomic mass is 16.7. The molecule has 0 unspecified atom stereocenters. The predicted octanol–water partition coefficient (Wildman–Crippen LogP) is 0.525. The molecule has 4 heteroatoms. The van der Waals surface area contributed by atoms with E-state index in [4.69, 9.17) is 9.94 Å². The number of hydrogen-bond donors (Lipinski definition) is 1. The molecule has 0 bridgehead atoms. The largest absolute Gasteiger partial charge is 0.438 e. The Morgan fingerprint density at radius 3 is 3.30 bits per heavy atom. The zero-order valence-corrected chi connectivity index (χ0v) is 5.23. The van der Waals surface area contributed by atoms with Crippen LogP contribution in [0.3, 0.4) is 0 Å². The summed E-state index contributed by atoms with van der Waals surface area (Å²) >= 11 is 0. The van der Waals surface area contributed by atoms with Crippen molar-refractivity contribution in [1.29, 1.82) is 0 Å². The number of nitrogens with zero attached hydrogens (tertiary/aromatic N) is 1. The maximum absolute atomic E-state index is 10.6. The van der Waals surface area contributed by atoms with E-state index in [1.54, 1.807) is 6.08 Å². The van der Waals surface area contributed by atoms with Crippen LogP contribution in [0.1, 0.15) is 6.42 Å². The number of hydroxylamine groups is 2. The molecule has 1 aliphatic heterocycles. The summed E-state index contributed by atoms with van der Waals surface area (Å²) in [6, 6.07) is -0.174. The van der Waals surface area contributed by atoms with Gasteiger partial charge in [-0.15, -0.1) is 0 Å². The molecule has 10 heavy (non-hydrogen) atoms. The molecule has 2 aliphatic rings. The van der Waals surface area contributed by atoms with E-state index in [0.29, 0.717) is 11.5 Å². The van der Waals surface area contributed by atoms with Gasteiger partial charge in [0, 0.05) is 0 Å². The molecule has 1 N–H and O–H groups in total. The van der Waals surface area contributed by atoms with E-state index in [1.165, 1.54) is 0 Å². The van der Waals surface area contributed by atoms with Gasteiger partial charge in [-0.3, -0.25) is 5.21 Å². The van der Waals surface area contributed by atoms with E-state index >= 15 is 0 Å². The Morgan fingerprint density at radius 1 is 1.80 bits per heavy atom. The topological polar surface area (TPSA) is 49.8 Å². The minimum atomic E-state index is -0.639. The van der Waals surface area contributed by atoms with Crippen LogP contribution in [0.2, 0.25) is 0 Å². The highest BCUT2D eigenvalue weighted by Gasteiger charge is 2.41. The first-order valence-corrected chi connectivity index (χ1v) is 3.14. The van der Waals surface area contributed by atoms with Gasteiger partial charge in [0.25, 0.3) is 0 Å². The lowest BCUT2D eigenvalue weighted by atomic mass is 10.2. The summed E-state index contributed by atoms with van der Waals surface area (Å²) in [5.74, 6) is 0. The fourth-order valence-corrected chi connectivity index (χ4v) is 1.28. The Kier molecular flexibility index (Phi) is 0.990. The second-order valence-corrected chi connectivity index (χ2v) is 2.42. The van der Waals surface area contributed by atoms with Gasteiger partial charge in [0.1, 0.15) is 12.1 Å². The molecular formula is C6H7NO3. The van der Waals surface area contributed by atoms with Crippen molar-refractivity contribution in [2.45, 2.75) is 18.6 Å². The van der Waals surface area contributed by atoms with Gasteiger partial charge in [0.15, 0.2) is 0 Å². The standard InChI is InChI=1S/C6H7NO3/c8-6-7(9)4-2-1-3-5(4)10-6/h1,3-5,9H,2H2/t4-,5+/m1/s1. The van der Waals surface area contributed by atoms with Crippen LogP contribution in [-0.4, -0.2) is 28.5 Å². The lowest BCUT2D eigenvalue weighted by Crippen LogP contribution is -2.30. The highest BCUT2D eigenvalue weighted by Crippen LogP contribution is 2.26. The number of carbonyl (C=O) groups is 1. The van der Waals surface area contributed by atoms with Crippen LogP contribution in [0, 0.1) is 0 Å². The van der Waals surface area contributed by atoms with Crippen LogP contribution in [0.5, 0.6) is 0 Å². The Hall–Kier alpha value is -1.03. The van der Waals surface area contributed by atoms with Gasteiger partial charge in [0.05, 0.1) is 0 Å². The van der Waals surface area contributed by atoms with Gasteiger partial charge >= 0.3 is 6.09 Å². The van der Waals surface area contributed by atoms with Crippen molar-refractivity contribution in [2.24, 2.45) is 0 Å². The van der Waals surface area contributed by atoms with E-state index in [1.807, 2.05) is 6.08 Å². The maximum Gasteiger partial charge on any atom is 0.434 e. The molecule has 1 amide bonds. The number of hydrogen-bond acceptors (Lipinski definition) is 3. The number of ether oxygens (including phenoxy) is 1. The van der Waals surface area contributed by atoms with Crippen molar-refractivity contribution >= 4 is 6.09 Å². The van der Waals surface area contributed by atoms with Crippen LogP contribution in [0.4, 0.5) is 4.79 Å². The molecule has 1 fully saturated rings. The number of carbonyl (C=O) groups excluding carboxylic acids is 1. The third kappa shape index (κ3) is 0.565. The second kappa shape index (κ2) is 1.73. The zero-order valence-electron chi connectivity index (χ0n) is 5.23. The molecule has 0 aromatic heterocycles. The van der Waals surface area contributed by atoms with E-state index in [0.717, 1.165) is 0 Å². The lowest BCUT2D eigenvalue weighted by Gasteiger charge is -2.10. The van der Waals surface area contributed by atoms with Crippen LogP contribution in [0.25, 0.3) is 0 Å². The van der Waals surface area contributed by atoms with Crippen molar-refractivity contribution in [2.75, 3.05) is 0 Å². The van der Waals surface area contributed by atoms with Gasteiger partial charge in [0.2, 0.25) is 0 Å². The number of amides is 1. The van der Waals surface area contributed by atoms with E-state index in [-0.39, 0.29) is 12.1 Å². The third-order valence-corrected chi connectivity index (χ3v) is 1.82. The van der Waals surface area contributed by atoms with Crippen molar-refractivity contribution in [3.8, 4) is 0 Å². The van der Waals surface area contributed by atoms with Gasteiger partial charge in [-0.1, -0.05) is 6.08 Å². The molecule has 0 aromatic carbocycles. The lowest BCUT2D eigenvalue weighted by molar-refractivity contribution is -0.0595. The van der Waals surface area contributed by atoms with Gasteiger partial charge in [-0.25, -0.2) is 4.79 Å². The molecule has 4 nitrogen and oxygen atoms in total. The van der Waals surface area contributed by atoms with Gasteiger partial charge in [-0.2, -0.15) is 5.06 Å². The Balaban J connectivity index is 2.22. The quantitative estimate of drug-likeness (QED) is 0.395. The third-order valence-electron chi connectivity index (χ3n) is 1.82. The minimum absolute atomic E-state index is 0.174. The Bertz CT molecular complexity index is 201. The monoisotopic (exact) mass is 141 g/mol. The average molecular weight is 141 g/mol. The Morgan fingerprint density at radius 2 is 2.60 bits per heavy atom. The summed E-state index contributed by atoms with van der Waals surface area (Å²) < 4.78 is 4.75. The molecule has 2 atom stereocenters. The molecular weight excluding hydrogens is 134 g/mol. The molecule has 0 radical (unpaired) electrons. The fourth-order valence-electron chi connectivity index (χ4n) is 1.28. The molecule has 0 spiro atoms. The van der Waals surface area contributed by atoms with Crippen molar-refractivity contribution in [3.63, 3.8) is 0 Å². The summed E-state index contributed by atoms with van der Waals surface area (Å²) in [6.45, 7) is 0. The van der Waals surface area contributed by atoms with Crippen molar-refractivity contribution in [3.05, 3.63) is 12.2 Å². The van der Waals surface area contributed by atoms with Crippen LogP contribution in [-0.2, 0) is 4.74 Å². The summed E-state index contributed by atoms with van der Waals surface area (Å²) in [7, 11) is 0. The molecule has 0 saturated carbocycles. The fraction of sp³-hybridized carbons (Fsp3) is 0.500. The Labute approximate surface area is 57.6 Å². The van der Waals surface area contributed by atoms with Crippen LogP contribution < -0.4 is 0 Å². The van der Waals surface area contributed by atoms with Crippen molar-refractivity contribution in [1.82, 2.24) is 5.06 Å². The molecule has 2 rings (SSSR count). The molecule has 1 saturated heterocycles. The summed E-state index contributed by atoms with van der Waals surface area (Å²) in [6.07, 6.45) is 3.51. The van der Waals surface area contributed by atoms with E-state index in [9.17, 15) is 4.79 Å². The van der Waals surface area contributed by atoms with Crippen LogP contribution in [0.15, 0.2) is 12.2 Å². The second-order valence-electron chi connectivity index (χ2n) is 2.42. The summed E-state index contributed by atoms with van der Waals surface area (Å²) in [5.41, 5.74) is 0. The van der Waals surface area contributed by atoms with Gasteiger partial charge < -0.3 is 4.74 Å². The first-order valence-electron chi connectivity index (χ1n) is 3.14. The minimum Gasteiger partial charge on any atom is -0.438 e. The normalized spacial score (nSPS) is 36.5.